The lowest BCUT2D eigenvalue weighted by Gasteiger charge is -2.34. The van der Waals surface area contributed by atoms with E-state index < -0.39 is 6.10 Å². The summed E-state index contributed by atoms with van der Waals surface area (Å²) in [4.78, 5) is 12.6. The Balaban J connectivity index is 1.51. The summed E-state index contributed by atoms with van der Waals surface area (Å²) in [6.07, 6.45) is 2.01. The molecular weight excluding hydrogens is 302 g/mol. The van der Waals surface area contributed by atoms with Gasteiger partial charge in [0.05, 0.1) is 12.1 Å². The van der Waals surface area contributed by atoms with E-state index in [0.717, 1.165) is 19.5 Å². The van der Waals surface area contributed by atoms with Crippen LogP contribution in [0.25, 0.3) is 0 Å². The molecule has 2 aliphatic rings. The fourth-order valence-electron chi connectivity index (χ4n) is 3.70. The lowest BCUT2D eigenvalue weighted by molar-refractivity contribution is 0.0747. The number of nitrogens with zero attached hydrogens (tertiary/aromatic N) is 5. The van der Waals surface area contributed by atoms with Gasteiger partial charge in [0.15, 0.2) is 0 Å². The number of rotatable bonds is 2. The molecule has 0 spiro atoms. The summed E-state index contributed by atoms with van der Waals surface area (Å²) in [7, 11) is 0. The zero-order chi connectivity index (χ0) is 16.5. The van der Waals surface area contributed by atoms with Crippen LogP contribution in [0.1, 0.15) is 16.8 Å². The van der Waals surface area contributed by atoms with Crippen LogP contribution < -0.4 is 4.90 Å². The summed E-state index contributed by atoms with van der Waals surface area (Å²) in [6.45, 7) is 3.08. The number of benzene rings is 1. The predicted octanol–water partition coefficient (Wildman–Crippen LogP) is 0.956. The van der Waals surface area contributed by atoms with Crippen molar-refractivity contribution in [3.05, 3.63) is 53.5 Å². The van der Waals surface area contributed by atoms with Crippen LogP contribution in [0.15, 0.2) is 36.7 Å². The van der Waals surface area contributed by atoms with Gasteiger partial charge in [0.2, 0.25) is 0 Å². The van der Waals surface area contributed by atoms with Gasteiger partial charge >= 0.3 is 0 Å². The van der Waals surface area contributed by atoms with E-state index in [1.165, 1.54) is 17.5 Å². The molecule has 2 atom stereocenters. The largest absolute Gasteiger partial charge is 0.390 e. The molecule has 0 aliphatic carbocycles. The van der Waals surface area contributed by atoms with Gasteiger partial charge in [0.1, 0.15) is 23.9 Å². The van der Waals surface area contributed by atoms with Gasteiger partial charge in [-0.25, -0.2) is 9.97 Å². The number of fused-ring (bicyclic) bond motifs is 1. The molecular formula is C18H19N5O. The fraction of sp³-hybridized carbons (Fsp3) is 0.389. The number of nitriles is 1. The predicted molar refractivity (Wildman–Crippen MR) is 89.3 cm³/mol. The first-order chi connectivity index (χ1) is 11.7. The molecule has 1 fully saturated rings. The summed E-state index contributed by atoms with van der Waals surface area (Å²) in [5.74, 6) is 0.709. The summed E-state index contributed by atoms with van der Waals surface area (Å²) in [5, 5.41) is 19.5. The van der Waals surface area contributed by atoms with E-state index in [9.17, 15) is 5.11 Å². The molecule has 2 aromatic rings. The van der Waals surface area contributed by atoms with Crippen LogP contribution in [0.3, 0.4) is 0 Å². The molecule has 1 saturated heterocycles. The summed E-state index contributed by atoms with van der Waals surface area (Å²) < 4.78 is 0. The molecule has 2 aliphatic heterocycles. The van der Waals surface area contributed by atoms with Crippen LogP contribution in [0.5, 0.6) is 0 Å². The molecule has 6 nitrogen and oxygen atoms in total. The molecule has 4 rings (SSSR count). The van der Waals surface area contributed by atoms with E-state index in [1.54, 1.807) is 6.07 Å². The van der Waals surface area contributed by atoms with Crippen molar-refractivity contribution in [1.82, 2.24) is 14.9 Å². The average molecular weight is 321 g/mol. The van der Waals surface area contributed by atoms with E-state index in [-0.39, 0.29) is 6.04 Å². The molecule has 0 bridgehead atoms. The van der Waals surface area contributed by atoms with Crippen LogP contribution in [0.4, 0.5) is 5.82 Å². The van der Waals surface area contributed by atoms with Crippen LogP contribution in [-0.4, -0.2) is 51.8 Å². The molecule has 24 heavy (non-hydrogen) atoms. The second-order valence-corrected chi connectivity index (χ2v) is 6.40. The van der Waals surface area contributed by atoms with Crippen LogP contribution in [-0.2, 0) is 13.0 Å². The maximum Gasteiger partial charge on any atom is 0.145 e. The smallest absolute Gasteiger partial charge is 0.145 e. The van der Waals surface area contributed by atoms with Crippen molar-refractivity contribution in [2.75, 3.05) is 24.5 Å². The molecule has 122 valence electrons. The Morgan fingerprint density at radius 3 is 2.83 bits per heavy atom. The van der Waals surface area contributed by atoms with Gasteiger partial charge in [0.25, 0.3) is 0 Å². The number of hydrogen-bond acceptors (Lipinski definition) is 6. The van der Waals surface area contributed by atoms with Crippen molar-refractivity contribution >= 4 is 5.82 Å². The summed E-state index contributed by atoms with van der Waals surface area (Å²) >= 11 is 0. The maximum absolute atomic E-state index is 10.6. The van der Waals surface area contributed by atoms with Gasteiger partial charge in [0, 0.05) is 32.2 Å². The average Bonchev–Trinajstić information content (AvgIpc) is 3.03. The van der Waals surface area contributed by atoms with Crippen LogP contribution >= 0.6 is 0 Å². The molecule has 2 unspecified atom stereocenters. The summed E-state index contributed by atoms with van der Waals surface area (Å²) in [6, 6.07) is 12.3. The summed E-state index contributed by atoms with van der Waals surface area (Å²) in [5.41, 5.74) is 3.11. The zero-order valence-electron chi connectivity index (χ0n) is 13.3. The Bertz CT molecular complexity index is 787. The highest BCUT2D eigenvalue weighted by Crippen LogP contribution is 2.26. The first-order valence-corrected chi connectivity index (χ1v) is 8.20. The Morgan fingerprint density at radius 2 is 2.00 bits per heavy atom. The molecule has 1 aromatic carbocycles. The maximum atomic E-state index is 10.6. The lowest BCUT2D eigenvalue weighted by Crippen LogP contribution is -2.45. The van der Waals surface area contributed by atoms with Gasteiger partial charge in [-0.05, 0) is 17.5 Å². The third-order valence-electron chi connectivity index (χ3n) is 4.98. The van der Waals surface area contributed by atoms with Crippen molar-refractivity contribution < 1.29 is 5.11 Å². The topological polar surface area (TPSA) is 76.3 Å². The van der Waals surface area contributed by atoms with Gasteiger partial charge in [-0.1, -0.05) is 24.3 Å². The Kier molecular flexibility index (Phi) is 3.89. The minimum atomic E-state index is -0.421. The van der Waals surface area contributed by atoms with Crippen molar-refractivity contribution in [2.45, 2.75) is 25.1 Å². The van der Waals surface area contributed by atoms with Crippen molar-refractivity contribution in [2.24, 2.45) is 0 Å². The minimum absolute atomic E-state index is 0.0823. The highest BCUT2D eigenvalue weighted by atomic mass is 16.3. The number of aliphatic hydroxyl groups excluding tert-OH is 1. The zero-order valence-corrected chi connectivity index (χ0v) is 13.3. The Labute approximate surface area is 141 Å². The SMILES string of the molecule is N#Cc1cc(N2CC(O)C(N3CCc4ccccc4C3)C2)ncn1. The quantitative estimate of drug-likeness (QED) is 0.888. The van der Waals surface area contributed by atoms with E-state index in [0.29, 0.717) is 24.6 Å². The first kappa shape index (κ1) is 15.1. The normalized spacial score (nSPS) is 23.8. The van der Waals surface area contributed by atoms with Gasteiger partial charge in [-0.3, -0.25) is 4.90 Å². The third kappa shape index (κ3) is 2.73. The van der Waals surface area contributed by atoms with Gasteiger partial charge < -0.3 is 10.0 Å². The fourth-order valence-corrected chi connectivity index (χ4v) is 3.70. The van der Waals surface area contributed by atoms with E-state index >= 15 is 0 Å². The highest BCUT2D eigenvalue weighted by Gasteiger charge is 2.37. The van der Waals surface area contributed by atoms with E-state index in [1.807, 2.05) is 11.0 Å². The second-order valence-electron chi connectivity index (χ2n) is 6.40. The highest BCUT2D eigenvalue weighted by molar-refractivity contribution is 5.44. The third-order valence-corrected chi connectivity index (χ3v) is 4.98. The second kappa shape index (κ2) is 6.19. The van der Waals surface area contributed by atoms with Crippen molar-refractivity contribution in [3.63, 3.8) is 0 Å². The Hall–Kier alpha value is -2.49. The van der Waals surface area contributed by atoms with Gasteiger partial charge in [-0.2, -0.15) is 5.26 Å². The molecule has 0 radical (unpaired) electrons. The molecule has 1 N–H and O–H groups in total. The molecule has 3 heterocycles. The number of aliphatic hydroxyl groups is 1. The van der Waals surface area contributed by atoms with E-state index in [2.05, 4.69) is 39.1 Å². The van der Waals surface area contributed by atoms with Crippen molar-refractivity contribution in [1.29, 1.82) is 5.26 Å². The lowest BCUT2D eigenvalue weighted by atomic mass is 9.98. The number of β-amino-alcohol motifs (C(OH)–C–C–N with tert-alkyl or cyclic N) is 1. The van der Waals surface area contributed by atoms with E-state index in [4.69, 9.17) is 5.26 Å². The number of hydrogen-bond donors (Lipinski definition) is 1. The first-order valence-electron chi connectivity index (χ1n) is 8.20. The molecule has 0 amide bonds. The monoisotopic (exact) mass is 321 g/mol. The molecule has 0 saturated carbocycles. The number of aromatic nitrogens is 2. The molecule has 6 heteroatoms. The van der Waals surface area contributed by atoms with Crippen LogP contribution in [0, 0.1) is 11.3 Å². The van der Waals surface area contributed by atoms with Crippen molar-refractivity contribution in [3.8, 4) is 6.07 Å². The standard InChI is InChI=1S/C18H19N5O/c19-8-15-7-18(21-12-20-15)23-10-16(17(24)11-23)22-6-5-13-3-1-2-4-14(13)9-22/h1-4,7,12,16-17,24H,5-6,9-11H2. The van der Waals surface area contributed by atoms with Crippen LogP contribution in [0.2, 0.25) is 0 Å². The Morgan fingerprint density at radius 1 is 1.17 bits per heavy atom. The minimum Gasteiger partial charge on any atom is -0.390 e. The van der Waals surface area contributed by atoms with Gasteiger partial charge in [-0.15, -0.1) is 0 Å². The number of anilines is 1. The molecule has 1 aromatic heterocycles.